The number of pyridine rings is 1. The van der Waals surface area contributed by atoms with E-state index in [1.165, 1.54) is 6.07 Å². The number of carbonyl (C=O) groups is 1. The normalized spacial score (nSPS) is 18.1. The first-order chi connectivity index (χ1) is 19.4. The minimum absolute atomic E-state index is 0.0687. The van der Waals surface area contributed by atoms with Crippen LogP contribution in [0.2, 0.25) is 0 Å². The molecule has 2 aliphatic rings. The minimum Gasteiger partial charge on any atom is -0.354 e. The standard InChI is InChI=1S/C30H35FN8O/c1-21(2)33-30(40)20-36-14-16-37(17-15-36)28-10-4-8-24(34-28)26-19-32-27-11-12-29(35-39(26)27)38-13-5-9-25(38)22-6-3-7-23(31)18-22/h3-4,6-8,10-12,18-19,21,25H,5,9,13-17,20H2,1-2H3,(H,33,40). The van der Waals surface area contributed by atoms with Crippen LogP contribution in [-0.2, 0) is 4.79 Å². The van der Waals surface area contributed by atoms with Gasteiger partial charge in [0.05, 0.1) is 24.5 Å². The van der Waals surface area contributed by atoms with Crippen LogP contribution in [0.15, 0.2) is 60.8 Å². The van der Waals surface area contributed by atoms with Crippen molar-refractivity contribution < 1.29 is 9.18 Å². The van der Waals surface area contributed by atoms with Gasteiger partial charge in [-0.1, -0.05) is 18.2 Å². The number of rotatable bonds is 7. The third-order valence-electron chi connectivity index (χ3n) is 7.64. The summed E-state index contributed by atoms with van der Waals surface area (Å²) in [4.78, 5) is 28.4. The van der Waals surface area contributed by atoms with Gasteiger partial charge in [-0.3, -0.25) is 9.69 Å². The molecular formula is C30H35FN8O. The molecule has 5 heterocycles. The summed E-state index contributed by atoms with van der Waals surface area (Å²) >= 11 is 0. The number of aromatic nitrogens is 4. The fraction of sp³-hybridized carbons (Fsp3) is 0.400. The van der Waals surface area contributed by atoms with E-state index in [-0.39, 0.29) is 23.8 Å². The van der Waals surface area contributed by atoms with Gasteiger partial charge in [0.1, 0.15) is 23.1 Å². The van der Waals surface area contributed by atoms with Gasteiger partial charge < -0.3 is 15.1 Å². The number of anilines is 2. The van der Waals surface area contributed by atoms with Crippen LogP contribution in [0, 0.1) is 5.82 Å². The minimum atomic E-state index is -0.214. The van der Waals surface area contributed by atoms with Crippen LogP contribution < -0.4 is 15.1 Å². The van der Waals surface area contributed by atoms with Crippen molar-refractivity contribution >= 4 is 23.2 Å². The number of fused-ring (bicyclic) bond motifs is 1. The number of nitrogens with one attached hydrogen (secondary N) is 1. The van der Waals surface area contributed by atoms with Crippen molar-refractivity contribution in [1.29, 1.82) is 0 Å². The predicted molar refractivity (Wildman–Crippen MR) is 154 cm³/mol. The predicted octanol–water partition coefficient (Wildman–Crippen LogP) is 3.92. The van der Waals surface area contributed by atoms with Crippen molar-refractivity contribution in [2.24, 2.45) is 0 Å². The molecule has 1 unspecified atom stereocenters. The van der Waals surface area contributed by atoms with Crippen molar-refractivity contribution in [2.75, 3.05) is 49.1 Å². The van der Waals surface area contributed by atoms with Crippen LogP contribution in [0.4, 0.5) is 16.0 Å². The van der Waals surface area contributed by atoms with E-state index in [9.17, 15) is 9.18 Å². The number of amides is 1. The highest BCUT2D eigenvalue weighted by Gasteiger charge is 2.28. The van der Waals surface area contributed by atoms with Gasteiger partial charge in [-0.2, -0.15) is 0 Å². The van der Waals surface area contributed by atoms with Crippen molar-refractivity contribution in [3.8, 4) is 11.4 Å². The molecule has 208 valence electrons. The molecule has 0 spiro atoms. The Hall–Kier alpha value is -4.05. The van der Waals surface area contributed by atoms with E-state index in [4.69, 9.17) is 10.1 Å². The van der Waals surface area contributed by atoms with E-state index in [0.717, 1.165) is 79.8 Å². The summed E-state index contributed by atoms with van der Waals surface area (Å²) < 4.78 is 15.8. The molecule has 1 atom stereocenters. The molecule has 6 rings (SSSR count). The van der Waals surface area contributed by atoms with Gasteiger partial charge in [-0.15, -0.1) is 5.10 Å². The molecule has 1 aromatic carbocycles. The zero-order valence-corrected chi connectivity index (χ0v) is 23.0. The van der Waals surface area contributed by atoms with Crippen LogP contribution in [0.5, 0.6) is 0 Å². The SMILES string of the molecule is CC(C)NC(=O)CN1CCN(c2cccc(-c3cnc4ccc(N5CCCC5c5cccc(F)c5)nn34)n2)CC1. The van der Waals surface area contributed by atoms with Crippen LogP contribution in [-0.4, -0.2) is 75.7 Å². The summed E-state index contributed by atoms with van der Waals surface area (Å²) in [5.41, 5.74) is 3.35. The third-order valence-corrected chi connectivity index (χ3v) is 7.64. The van der Waals surface area contributed by atoms with Gasteiger partial charge in [0.15, 0.2) is 5.65 Å². The molecule has 4 aromatic rings. The van der Waals surface area contributed by atoms with Gasteiger partial charge >= 0.3 is 0 Å². The average Bonchev–Trinajstić information content (AvgIpc) is 3.60. The van der Waals surface area contributed by atoms with Crippen LogP contribution in [0.3, 0.4) is 0 Å². The van der Waals surface area contributed by atoms with Crippen LogP contribution in [0.1, 0.15) is 38.3 Å². The molecular weight excluding hydrogens is 507 g/mol. The molecule has 0 saturated carbocycles. The first kappa shape index (κ1) is 26.2. The molecule has 0 bridgehead atoms. The highest BCUT2D eigenvalue weighted by Crippen LogP contribution is 2.35. The topological polar surface area (TPSA) is 81.9 Å². The number of imidazole rings is 1. The maximum atomic E-state index is 14.0. The second-order valence-corrected chi connectivity index (χ2v) is 10.9. The summed E-state index contributed by atoms with van der Waals surface area (Å²) in [6.07, 6.45) is 3.80. The zero-order chi connectivity index (χ0) is 27.6. The summed E-state index contributed by atoms with van der Waals surface area (Å²) in [6, 6.07) is 17.1. The maximum absolute atomic E-state index is 14.0. The average molecular weight is 543 g/mol. The Morgan fingerprint density at radius 1 is 1.02 bits per heavy atom. The number of hydrogen-bond acceptors (Lipinski definition) is 7. The van der Waals surface area contributed by atoms with Crippen molar-refractivity contribution in [3.63, 3.8) is 0 Å². The van der Waals surface area contributed by atoms with Crippen molar-refractivity contribution in [2.45, 2.75) is 38.8 Å². The highest BCUT2D eigenvalue weighted by molar-refractivity contribution is 5.78. The van der Waals surface area contributed by atoms with E-state index < -0.39 is 0 Å². The second kappa shape index (κ2) is 11.2. The lowest BCUT2D eigenvalue weighted by Crippen LogP contribution is -2.50. The molecule has 3 aromatic heterocycles. The lowest BCUT2D eigenvalue weighted by molar-refractivity contribution is -0.122. The van der Waals surface area contributed by atoms with Gasteiger partial charge in [0, 0.05) is 38.8 Å². The Kier molecular flexibility index (Phi) is 7.34. The summed E-state index contributed by atoms with van der Waals surface area (Å²) in [6.45, 7) is 8.46. The van der Waals surface area contributed by atoms with E-state index in [0.29, 0.717) is 6.54 Å². The van der Waals surface area contributed by atoms with Crippen LogP contribution in [0.25, 0.3) is 17.0 Å². The third kappa shape index (κ3) is 5.49. The summed E-state index contributed by atoms with van der Waals surface area (Å²) in [5.74, 6) is 1.60. The van der Waals surface area contributed by atoms with Crippen molar-refractivity contribution in [1.82, 2.24) is 29.8 Å². The molecule has 1 N–H and O–H groups in total. The monoisotopic (exact) mass is 542 g/mol. The van der Waals surface area contributed by atoms with Gasteiger partial charge in [0.25, 0.3) is 0 Å². The quantitative estimate of drug-likeness (QED) is 0.379. The Balaban J connectivity index is 1.20. The molecule has 40 heavy (non-hydrogen) atoms. The number of halogens is 1. The van der Waals surface area contributed by atoms with Gasteiger partial charge in [0.2, 0.25) is 5.91 Å². The summed E-state index contributed by atoms with van der Waals surface area (Å²) in [7, 11) is 0. The van der Waals surface area contributed by atoms with Crippen LogP contribution >= 0.6 is 0 Å². The number of nitrogens with zero attached hydrogens (tertiary/aromatic N) is 7. The lowest BCUT2D eigenvalue weighted by Gasteiger charge is -2.35. The molecule has 10 heteroatoms. The fourth-order valence-corrected chi connectivity index (χ4v) is 5.74. The van der Waals surface area contributed by atoms with E-state index >= 15 is 0 Å². The fourth-order valence-electron chi connectivity index (χ4n) is 5.74. The molecule has 2 fully saturated rings. The van der Waals surface area contributed by atoms with Gasteiger partial charge in [-0.25, -0.2) is 18.9 Å². The molecule has 0 aliphatic carbocycles. The first-order valence-corrected chi connectivity index (χ1v) is 14.1. The van der Waals surface area contributed by atoms with Crippen molar-refractivity contribution in [3.05, 3.63) is 72.2 Å². The number of benzene rings is 1. The molecule has 9 nitrogen and oxygen atoms in total. The molecule has 2 aliphatic heterocycles. The highest BCUT2D eigenvalue weighted by atomic mass is 19.1. The molecule has 1 amide bonds. The van der Waals surface area contributed by atoms with E-state index in [2.05, 4.69) is 25.0 Å². The first-order valence-electron chi connectivity index (χ1n) is 14.1. The largest absolute Gasteiger partial charge is 0.354 e. The molecule has 2 saturated heterocycles. The Labute approximate surface area is 233 Å². The Morgan fingerprint density at radius 2 is 1.85 bits per heavy atom. The lowest BCUT2D eigenvalue weighted by atomic mass is 10.0. The zero-order valence-electron chi connectivity index (χ0n) is 23.0. The second-order valence-electron chi connectivity index (χ2n) is 10.9. The Morgan fingerprint density at radius 3 is 2.65 bits per heavy atom. The maximum Gasteiger partial charge on any atom is 0.234 e. The number of carbonyl (C=O) groups excluding carboxylic acids is 1. The smallest absolute Gasteiger partial charge is 0.234 e. The Bertz CT molecular complexity index is 1500. The van der Waals surface area contributed by atoms with E-state index in [1.807, 2.05) is 61.0 Å². The number of piperazine rings is 1. The molecule has 0 radical (unpaired) electrons. The van der Waals surface area contributed by atoms with E-state index in [1.54, 1.807) is 12.1 Å². The number of hydrogen-bond donors (Lipinski definition) is 1. The summed E-state index contributed by atoms with van der Waals surface area (Å²) in [5, 5.41) is 7.95. The van der Waals surface area contributed by atoms with Gasteiger partial charge in [-0.05, 0) is 68.7 Å².